The van der Waals surface area contributed by atoms with Gasteiger partial charge in [0.1, 0.15) is 0 Å². The van der Waals surface area contributed by atoms with Gasteiger partial charge in [-0.15, -0.1) is 0 Å². The molecule has 2 fully saturated rings. The van der Waals surface area contributed by atoms with Crippen LogP contribution in [0.15, 0.2) is 12.2 Å². The van der Waals surface area contributed by atoms with E-state index in [4.69, 9.17) is 0 Å². The topological polar surface area (TPSA) is 12.0 Å². The van der Waals surface area contributed by atoms with Crippen LogP contribution in [0.4, 0.5) is 0 Å². The maximum Gasteiger partial charge on any atom is 0.00729 e. The standard InChI is InChI=1S/C14H23N/c1-10(15-9-11-3-2-4-11)14-8-12-5-6-13(14)7-12/h5-6,10-15H,2-4,7-9H2,1H3. The van der Waals surface area contributed by atoms with Gasteiger partial charge < -0.3 is 5.32 Å². The first-order chi connectivity index (χ1) is 7.33. The summed E-state index contributed by atoms with van der Waals surface area (Å²) in [6.07, 6.45) is 12.2. The van der Waals surface area contributed by atoms with Gasteiger partial charge in [0.25, 0.3) is 0 Å². The number of hydrogen-bond acceptors (Lipinski definition) is 1. The Morgan fingerprint density at radius 3 is 2.67 bits per heavy atom. The molecule has 1 heteroatoms. The van der Waals surface area contributed by atoms with Gasteiger partial charge in [-0.05, 0) is 62.8 Å². The second-order valence-electron chi connectivity index (χ2n) is 5.94. The molecule has 84 valence electrons. The summed E-state index contributed by atoms with van der Waals surface area (Å²) < 4.78 is 0. The summed E-state index contributed by atoms with van der Waals surface area (Å²) in [5.41, 5.74) is 0. The van der Waals surface area contributed by atoms with E-state index in [9.17, 15) is 0 Å². The third-order valence-corrected chi connectivity index (χ3v) is 4.93. The van der Waals surface area contributed by atoms with Crippen LogP contribution in [-0.2, 0) is 0 Å². The molecule has 3 aliphatic rings. The average molecular weight is 205 g/mol. The van der Waals surface area contributed by atoms with E-state index in [0.29, 0.717) is 0 Å². The number of rotatable bonds is 4. The lowest BCUT2D eigenvalue weighted by molar-refractivity contribution is 0.257. The molecule has 0 aromatic carbocycles. The van der Waals surface area contributed by atoms with Crippen molar-refractivity contribution in [1.29, 1.82) is 0 Å². The fraction of sp³-hybridized carbons (Fsp3) is 0.857. The molecule has 4 atom stereocenters. The Morgan fingerprint density at radius 2 is 2.13 bits per heavy atom. The Kier molecular flexibility index (Phi) is 2.59. The minimum Gasteiger partial charge on any atom is -0.314 e. The number of hydrogen-bond donors (Lipinski definition) is 1. The lowest BCUT2D eigenvalue weighted by Gasteiger charge is -2.31. The fourth-order valence-corrected chi connectivity index (χ4v) is 3.60. The molecule has 1 N–H and O–H groups in total. The molecular weight excluding hydrogens is 182 g/mol. The van der Waals surface area contributed by atoms with Gasteiger partial charge in [-0.2, -0.15) is 0 Å². The highest BCUT2D eigenvalue weighted by Gasteiger charge is 2.38. The molecule has 0 aromatic rings. The van der Waals surface area contributed by atoms with Gasteiger partial charge in [0, 0.05) is 6.04 Å². The van der Waals surface area contributed by atoms with E-state index >= 15 is 0 Å². The summed E-state index contributed by atoms with van der Waals surface area (Å²) >= 11 is 0. The van der Waals surface area contributed by atoms with Crippen molar-refractivity contribution in [3.8, 4) is 0 Å². The largest absolute Gasteiger partial charge is 0.314 e. The maximum atomic E-state index is 3.78. The van der Waals surface area contributed by atoms with E-state index in [1.165, 1.54) is 38.6 Å². The summed E-state index contributed by atoms with van der Waals surface area (Å²) in [6, 6.07) is 0.741. The maximum absolute atomic E-state index is 3.78. The summed E-state index contributed by atoms with van der Waals surface area (Å²) in [6.45, 7) is 3.68. The van der Waals surface area contributed by atoms with Gasteiger partial charge in [-0.1, -0.05) is 18.6 Å². The lowest BCUT2D eigenvalue weighted by atomic mass is 9.84. The van der Waals surface area contributed by atoms with Crippen LogP contribution < -0.4 is 5.32 Å². The molecule has 0 radical (unpaired) electrons. The molecule has 3 rings (SSSR count). The minimum absolute atomic E-state index is 0.741. The van der Waals surface area contributed by atoms with E-state index in [0.717, 1.165) is 29.7 Å². The molecule has 0 saturated heterocycles. The van der Waals surface area contributed by atoms with Crippen molar-refractivity contribution in [2.24, 2.45) is 23.7 Å². The van der Waals surface area contributed by atoms with Gasteiger partial charge in [-0.25, -0.2) is 0 Å². The van der Waals surface area contributed by atoms with Crippen LogP contribution in [0, 0.1) is 23.7 Å². The van der Waals surface area contributed by atoms with Gasteiger partial charge in [0.15, 0.2) is 0 Å². The van der Waals surface area contributed by atoms with Crippen LogP contribution in [0.25, 0.3) is 0 Å². The smallest absolute Gasteiger partial charge is 0.00729 e. The van der Waals surface area contributed by atoms with Crippen molar-refractivity contribution < 1.29 is 0 Å². The van der Waals surface area contributed by atoms with E-state index < -0.39 is 0 Å². The first-order valence-corrected chi connectivity index (χ1v) is 6.74. The van der Waals surface area contributed by atoms with E-state index in [2.05, 4.69) is 24.4 Å². The SMILES string of the molecule is CC(NCC1CCC1)C1CC2C=CC1C2. The van der Waals surface area contributed by atoms with Crippen LogP contribution in [0.1, 0.15) is 39.0 Å². The highest BCUT2D eigenvalue weighted by atomic mass is 14.9. The predicted octanol–water partition coefficient (Wildman–Crippen LogP) is 2.98. The molecule has 0 amide bonds. The molecule has 2 saturated carbocycles. The van der Waals surface area contributed by atoms with Gasteiger partial charge in [0.05, 0.1) is 0 Å². The van der Waals surface area contributed by atoms with Crippen LogP contribution in [-0.4, -0.2) is 12.6 Å². The molecule has 1 nitrogen and oxygen atoms in total. The van der Waals surface area contributed by atoms with Crippen molar-refractivity contribution in [3.05, 3.63) is 12.2 Å². The molecular formula is C14H23N. The second-order valence-corrected chi connectivity index (χ2v) is 5.94. The van der Waals surface area contributed by atoms with Crippen molar-refractivity contribution in [2.45, 2.75) is 45.1 Å². The molecule has 4 unspecified atom stereocenters. The monoisotopic (exact) mass is 205 g/mol. The first-order valence-electron chi connectivity index (χ1n) is 6.74. The predicted molar refractivity (Wildman–Crippen MR) is 63.6 cm³/mol. The van der Waals surface area contributed by atoms with Gasteiger partial charge in [0.2, 0.25) is 0 Å². The summed E-state index contributed by atoms with van der Waals surface area (Å²) in [5.74, 6) is 3.76. The zero-order valence-corrected chi connectivity index (χ0v) is 9.78. The highest BCUT2D eigenvalue weighted by Crippen LogP contribution is 2.44. The van der Waals surface area contributed by atoms with E-state index in [1.54, 1.807) is 0 Å². The van der Waals surface area contributed by atoms with E-state index in [1.807, 2.05) is 0 Å². The highest BCUT2D eigenvalue weighted by molar-refractivity contribution is 5.11. The zero-order valence-electron chi connectivity index (χ0n) is 9.78. The Labute approximate surface area is 93.3 Å². The molecule has 15 heavy (non-hydrogen) atoms. The average Bonchev–Trinajstić information content (AvgIpc) is 2.75. The van der Waals surface area contributed by atoms with Crippen molar-refractivity contribution in [1.82, 2.24) is 5.32 Å². The fourth-order valence-electron chi connectivity index (χ4n) is 3.60. The van der Waals surface area contributed by atoms with Crippen LogP contribution in [0.2, 0.25) is 0 Å². The number of allylic oxidation sites excluding steroid dienone is 2. The van der Waals surface area contributed by atoms with E-state index in [-0.39, 0.29) is 0 Å². The number of fused-ring (bicyclic) bond motifs is 2. The normalized spacial score (nSPS) is 40.7. The quantitative estimate of drug-likeness (QED) is 0.696. The second kappa shape index (κ2) is 3.93. The van der Waals surface area contributed by atoms with Crippen molar-refractivity contribution in [3.63, 3.8) is 0 Å². The molecule has 3 aliphatic carbocycles. The van der Waals surface area contributed by atoms with Crippen LogP contribution >= 0.6 is 0 Å². The molecule has 0 aromatic heterocycles. The third kappa shape index (κ3) is 1.87. The first kappa shape index (κ1) is 9.89. The summed E-state index contributed by atoms with van der Waals surface area (Å²) in [4.78, 5) is 0. The van der Waals surface area contributed by atoms with Crippen molar-refractivity contribution in [2.75, 3.05) is 6.54 Å². The van der Waals surface area contributed by atoms with Crippen LogP contribution in [0.3, 0.4) is 0 Å². The zero-order chi connectivity index (χ0) is 10.3. The molecule has 0 spiro atoms. The Hall–Kier alpha value is -0.300. The number of nitrogens with one attached hydrogen (secondary N) is 1. The Bertz CT molecular complexity index is 254. The lowest BCUT2D eigenvalue weighted by Crippen LogP contribution is -2.39. The van der Waals surface area contributed by atoms with Crippen LogP contribution in [0.5, 0.6) is 0 Å². The summed E-state index contributed by atoms with van der Waals surface area (Å²) in [5, 5.41) is 3.78. The molecule has 2 bridgehead atoms. The third-order valence-electron chi connectivity index (χ3n) is 4.93. The summed E-state index contributed by atoms with van der Waals surface area (Å²) in [7, 11) is 0. The molecule has 0 aliphatic heterocycles. The minimum atomic E-state index is 0.741. The van der Waals surface area contributed by atoms with Gasteiger partial charge in [-0.3, -0.25) is 0 Å². The Morgan fingerprint density at radius 1 is 1.27 bits per heavy atom. The van der Waals surface area contributed by atoms with Gasteiger partial charge >= 0.3 is 0 Å². The Balaban J connectivity index is 1.47. The van der Waals surface area contributed by atoms with Crippen molar-refractivity contribution >= 4 is 0 Å². The molecule has 0 heterocycles.